The normalized spacial score (nSPS) is 24.3. The van der Waals surface area contributed by atoms with Crippen molar-refractivity contribution in [3.8, 4) is 0 Å². The maximum atomic E-state index is 12.8. The molecule has 0 atom stereocenters. The minimum atomic E-state index is -0.843. The molecule has 8 nitrogen and oxygen atoms in total. The van der Waals surface area contributed by atoms with Crippen molar-refractivity contribution < 1.29 is 14.7 Å². The quantitative estimate of drug-likeness (QED) is 0.860. The highest BCUT2D eigenvalue weighted by atomic mass is 35.5. The van der Waals surface area contributed by atoms with Crippen molar-refractivity contribution in [3.63, 3.8) is 0 Å². The van der Waals surface area contributed by atoms with Gasteiger partial charge in [0.05, 0.1) is 0 Å². The minimum Gasteiger partial charge on any atom is -0.465 e. The van der Waals surface area contributed by atoms with E-state index in [1.807, 2.05) is 0 Å². The van der Waals surface area contributed by atoms with Gasteiger partial charge in [-0.05, 0) is 25.7 Å². The lowest BCUT2D eigenvalue weighted by Crippen LogP contribution is -2.52. The van der Waals surface area contributed by atoms with Crippen LogP contribution in [0.15, 0.2) is 12.4 Å². The molecule has 9 heteroatoms. The van der Waals surface area contributed by atoms with Crippen LogP contribution in [0.5, 0.6) is 0 Å². The maximum Gasteiger partial charge on any atom is 0.407 e. The third kappa shape index (κ3) is 4.07. The van der Waals surface area contributed by atoms with Gasteiger partial charge in [-0.2, -0.15) is 0 Å². The Morgan fingerprint density at radius 2 is 1.73 bits per heavy atom. The lowest BCUT2D eigenvalue weighted by atomic mass is 9.84. The Morgan fingerprint density at radius 1 is 1.12 bits per heavy atom. The van der Waals surface area contributed by atoms with Gasteiger partial charge >= 0.3 is 6.09 Å². The Kier molecular flexibility index (Phi) is 5.93. The highest BCUT2D eigenvalue weighted by Gasteiger charge is 2.33. The third-order valence-corrected chi connectivity index (χ3v) is 5.70. The van der Waals surface area contributed by atoms with Crippen molar-refractivity contribution in [2.24, 2.45) is 5.92 Å². The molecule has 26 heavy (non-hydrogen) atoms. The molecule has 142 valence electrons. The highest BCUT2D eigenvalue weighted by Crippen LogP contribution is 2.31. The monoisotopic (exact) mass is 381 g/mol. The zero-order valence-corrected chi connectivity index (χ0v) is 15.6. The molecule has 0 spiro atoms. The smallest absolute Gasteiger partial charge is 0.407 e. The fraction of sp³-hybridized carbons (Fsp3) is 0.647. The van der Waals surface area contributed by atoms with Crippen molar-refractivity contribution in [2.45, 2.75) is 31.7 Å². The van der Waals surface area contributed by atoms with Gasteiger partial charge in [-0.15, -0.1) is 0 Å². The molecule has 1 aliphatic heterocycles. The molecular formula is C17H24ClN5O3. The van der Waals surface area contributed by atoms with Crippen LogP contribution in [0.2, 0.25) is 5.15 Å². The first-order valence-electron chi connectivity index (χ1n) is 8.93. The summed E-state index contributed by atoms with van der Waals surface area (Å²) in [6.07, 6.45) is 5.73. The molecule has 1 aromatic rings. The predicted octanol–water partition coefficient (Wildman–Crippen LogP) is 1.95. The van der Waals surface area contributed by atoms with Crippen LogP contribution >= 0.6 is 11.6 Å². The second kappa shape index (κ2) is 8.18. The Morgan fingerprint density at radius 3 is 2.31 bits per heavy atom. The number of amides is 2. The van der Waals surface area contributed by atoms with Gasteiger partial charge in [0.15, 0.2) is 11.0 Å². The van der Waals surface area contributed by atoms with Gasteiger partial charge in [0, 0.05) is 57.6 Å². The molecule has 2 fully saturated rings. The second-order valence-electron chi connectivity index (χ2n) is 6.88. The molecule has 2 aliphatic rings. The van der Waals surface area contributed by atoms with Gasteiger partial charge in [-0.25, -0.2) is 14.8 Å². The van der Waals surface area contributed by atoms with Crippen molar-refractivity contribution in [2.75, 3.05) is 38.1 Å². The van der Waals surface area contributed by atoms with Gasteiger partial charge in [-0.1, -0.05) is 11.6 Å². The van der Waals surface area contributed by atoms with Crippen LogP contribution in [0.1, 0.15) is 25.7 Å². The standard InChI is InChI=1S/C17H24ClN5O3/c1-21(15-14(18)19-6-7-20-15)16(24)12-2-4-13(5-3-12)22-8-10-23(11-9-22)17(25)26/h6-7,12-13H,2-5,8-11H2,1H3,(H,25,26). The zero-order valence-electron chi connectivity index (χ0n) is 14.8. The number of hydrogen-bond acceptors (Lipinski definition) is 5. The SMILES string of the molecule is CN(C(=O)C1CCC(N2CCN(C(=O)O)CC2)CC1)c1nccnc1Cl. The van der Waals surface area contributed by atoms with E-state index >= 15 is 0 Å². The van der Waals surface area contributed by atoms with Crippen molar-refractivity contribution in [3.05, 3.63) is 17.5 Å². The number of halogens is 1. The van der Waals surface area contributed by atoms with Crippen molar-refractivity contribution >= 4 is 29.4 Å². The molecule has 0 aromatic carbocycles. The number of piperazine rings is 1. The van der Waals surface area contributed by atoms with Crippen LogP contribution < -0.4 is 4.90 Å². The summed E-state index contributed by atoms with van der Waals surface area (Å²) >= 11 is 6.04. The molecule has 2 amide bonds. The number of carboxylic acid groups (broad SMARTS) is 1. The molecule has 3 rings (SSSR count). The Balaban J connectivity index is 1.51. The van der Waals surface area contributed by atoms with Gasteiger partial charge in [0.2, 0.25) is 5.91 Å². The maximum absolute atomic E-state index is 12.8. The molecule has 0 bridgehead atoms. The van der Waals surface area contributed by atoms with Gasteiger partial charge in [0.1, 0.15) is 0 Å². The molecule has 1 saturated carbocycles. The summed E-state index contributed by atoms with van der Waals surface area (Å²) in [6.45, 7) is 2.65. The van der Waals surface area contributed by atoms with E-state index in [-0.39, 0.29) is 17.0 Å². The second-order valence-corrected chi connectivity index (χ2v) is 7.24. The molecule has 2 heterocycles. The van der Waals surface area contributed by atoms with Crippen LogP contribution in [0.3, 0.4) is 0 Å². The third-order valence-electron chi connectivity index (χ3n) is 5.43. The summed E-state index contributed by atoms with van der Waals surface area (Å²) in [6, 6.07) is 0.431. The molecule has 1 aliphatic carbocycles. The summed E-state index contributed by atoms with van der Waals surface area (Å²) in [4.78, 5) is 37.2. The Labute approximate surface area is 157 Å². The van der Waals surface area contributed by atoms with E-state index in [1.54, 1.807) is 7.05 Å². The molecule has 1 N–H and O–H groups in total. The average Bonchev–Trinajstić information content (AvgIpc) is 2.67. The number of nitrogens with zero attached hydrogens (tertiary/aromatic N) is 5. The van der Waals surface area contributed by atoms with Crippen LogP contribution in [0.25, 0.3) is 0 Å². The first-order valence-corrected chi connectivity index (χ1v) is 9.31. The van der Waals surface area contributed by atoms with E-state index in [9.17, 15) is 9.59 Å². The number of rotatable bonds is 3. The van der Waals surface area contributed by atoms with E-state index < -0.39 is 6.09 Å². The van der Waals surface area contributed by atoms with E-state index in [0.717, 1.165) is 38.8 Å². The summed E-state index contributed by atoms with van der Waals surface area (Å²) < 4.78 is 0. The zero-order chi connectivity index (χ0) is 18.7. The number of anilines is 1. The highest BCUT2D eigenvalue weighted by molar-refractivity contribution is 6.32. The Hall–Kier alpha value is -1.93. The molecular weight excluding hydrogens is 358 g/mol. The molecule has 0 radical (unpaired) electrons. The molecule has 1 saturated heterocycles. The van der Waals surface area contributed by atoms with Crippen LogP contribution in [-0.2, 0) is 4.79 Å². The fourth-order valence-corrected chi connectivity index (χ4v) is 4.12. The summed E-state index contributed by atoms with van der Waals surface area (Å²) in [5.74, 6) is 0.391. The number of carbonyl (C=O) groups excluding carboxylic acids is 1. The van der Waals surface area contributed by atoms with E-state index in [0.29, 0.717) is 24.9 Å². The molecule has 1 aromatic heterocycles. The first kappa shape index (κ1) is 18.8. The van der Waals surface area contributed by atoms with Crippen molar-refractivity contribution in [1.82, 2.24) is 19.8 Å². The molecule has 0 unspecified atom stereocenters. The van der Waals surface area contributed by atoms with E-state index in [4.69, 9.17) is 16.7 Å². The van der Waals surface area contributed by atoms with E-state index in [1.165, 1.54) is 22.2 Å². The fourth-order valence-electron chi connectivity index (χ4n) is 3.88. The number of carbonyl (C=O) groups is 2. The summed E-state index contributed by atoms with van der Waals surface area (Å²) in [7, 11) is 1.69. The minimum absolute atomic E-state index is 0.0292. The van der Waals surface area contributed by atoms with Gasteiger partial charge in [0.25, 0.3) is 0 Å². The van der Waals surface area contributed by atoms with Crippen LogP contribution in [-0.4, -0.2) is 76.1 Å². The van der Waals surface area contributed by atoms with Crippen LogP contribution in [0.4, 0.5) is 10.6 Å². The number of hydrogen-bond donors (Lipinski definition) is 1. The first-order chi connectivity index (χ1) is 12.5. The van der Waals surface area contributed by atoms with Gasteiger partial charge < -0.3 is 10.0 Å². The van der Waals surface area contributed by atoms with Gasteiger partial charge in [-0.3, -0.25) is 14.6 Å². The largest absolute Gasteiger partial charge is 0.465 e. The van der Waals surface area contributed by atoms with Crippen LogP contribution in [0, 0.1) is 5.92 Å². The number of aromatic nitrogens is 2. The predicted molar refractivity (Wildman–Crippen MR) is 97.4 cm³/mol. The topological polar surface area (TPSA) is 89.9 Å². The van der Waals surface area contributed by atoms with E-state index in [2.05, 4.69) is 14.9 Å². The Bertz CT molecular complexity index is 658. The average molecular weight is 382 g/mol. The van der Waals surface area contributed by atoms with Crippen molar-refractivity contribution in [1.29, 1.82) is 0 Å². The lowest BCUT2D eigenvalue weighted by molar-refractivity contribution is -0.123. The summed E-state index contributed by atoms with van der Waals surface area (Å²) in [5, 5.41) is 9.27. The summed E-state index contributed by atoms with van der Waals surface area (Å²) in [5.41, 5.74) is 0. The lowest BCUT2D eigenvalue weighted by Gasteiger charge is -2.41.